The maximum atomic E-state index is 11.8. The summed E-state index contributed by atoms with van der Waals surface area (Å²) in [7, 11) is 0. The number of carbonyl (C=O) groups excluding carboxylic acids is 2. The minimum atomic E-state index is -0.384. The first-order valence-electron chi connectivity index (χ1n) is 10.1. The monoisotopic (exact) mass is 376 g/mol. The van der Waals surface area contributed by atoms with Crippen molar-refractivity contribution >= 4 is 11.8 Å². The van der Waals surface area contributed by atoms with Crippen molar-refractivity contribution in [1.29, 1.82) is 0 Å². The van der Waals surface area contributed by atoms with Gasteiger partial charge < -0.3 is 14.2 Å². The van der Waals surface area contributed by atoms with Crippen LogP contribution in [0.2, 0.25) is 0 Å². The molecule has 2 rings (SSSR count). The molecule has 5 heteroatoms. The predicted octanol–water partition coefficient (Wildman–Crippen LogP) is 4.60. The van der Waals surface area contributed by atoms with Crippen molar-refractivity contribution in [2.45, 2.75) is 71.1 Å². The zero-order valence-electron chi connectivity index (χ0n) is 16.8. The Morgan fingerprint density at radius 3 is 2.33 bits per heavy atom. The second-order valence-electron chi connectivity index (χ2n) is 7.19. The van der Waals surface area contributed by atoms with Crippen LogP contribution in [0.1, 0.15) is 71.3 Å². The molecule has 0 atom stereocenters. The highest BCUT2D eigenvalue weighted by molar-refractivity contribution is 5.80. The van der Waals surface area contributed by atoms with Crippen molar-refractivity contribution in [3.8, 4) is 11.5 Å². The molecular weight excluding hydrogens is 344 g/mol. The van der Waals surface area contributed by atoms with Crippen molar-refractivity contribution in [2.24, 2.45) is 0 Å². The Morgan fingerprint density at radius 2 is 1.70 bits per heavy atom. The summed E-state index contributed by atoms with van der Waals surface area (Å²) in [5, 5.41) is 0. The molecule has 1 aliphatic carbocycles. The number of hydrogen-bond donors (Lipinski definition) is 0. The maximum absolute atomic E-state index is 11.8. The summed E-state index contributed by atoms with van der Waals surface area (Å²) in [4.78, 5) is 23.6. The largest absolute Gasteiger partial charge is 0.493 e. The number of carbonyl (C=O) groups is 2. The summed E-state index contributed by atoms with van der Waals surface area (Å²) in [5.74, 6) is 1.60. The van der Waals surface area contributed by atoms with E-state index in [9.17, 15) is 9.59 Å². The van der Waals surface area contributed by atoms with Crippen LogP contribution in [0.15, 0.2) is 18.2 Å². The fourth-order valence-corrected chi connectivity index (χ4v) is 3.40. The Kier molecular flexibility index (Phi) is 8.14. The van der Waals surface area contributed by atoms with Gasteiger partial charge in [0.05, 0.1) is 13.2 Å². The third-order valence-electron chi connectivity index (χ3n) is 5.02. The molecular formula is C22H32O5. The Morgan fingerprint density at radius 1 is 1.04 bits per heavy atom. The van der Waals surface area contributed by atoms with Crippen molar-refractivity contribution in [2.75, 3.05) is 19.8 Å². The molecule has 0 saturated heterocycles. The Hall–Kier alpha value is -2.04. The van der Waals surface area contributed by atoms with Crippen molar-refractivity contribution in [3.63, 3.8) is 0 Å². The number of benzene rings is 1. The van der Waals surface area contributed by atoms with Crippen LogP contribution in [0.5, 0.6) is 11.5 Å². The van der Waals surface area contributed by atoms with E-state index in [0.29, 0.717) is 45.3 Å². The lowest BCUT2D eigenvalue weighted by Crippen LogP contribution is -2.38. The number of rotatable bonds is 10. The van der Waals surface area contributed by atoms with Gasteiger partial charge in [-0.2, -0.15) is 0 Å². The highest BCUT2D eigenvalue weighted by atomic mass is 16.5. The highest BCUT2D eigenvalue weighted by Crippen LogP contribution is 2.44. The van der Waals surface area contributed by atoms with Gasteiger partial charge in [0.2, 0.25) is 0 Å². The van der Waals surface area contributed by atoms with Crippen molar-refractivity contribution in [1.82, 2.24) is 0 Å². The van der Waals surface area contributed by atoms with E-state index in [-0.39, 0.29) is 23.8 Å². The summed E-state index contributed by atoms with van der Waals surface area (Å²) in [5.41, 5.74) is 0.627. The molecule has 1 aliphatic rings. The minimum absolute atomic E-state index is 0.217. The first-order chi connectivity index (χ1) is 13.0. The summed E-state index contributed by atoms with van der Waals surface area (Å²) in [6.45, 7) is 7.46. The Bertz CT molecular complexity index is 628. The van der Waals surface area contributed by atoms with E-state index in [1.165, 1.54) is 0 Å². The standard InChI is InChI=1S/C22H32O5/c1-4-13-25-18-7-8-19(20(15-18)26-14-5-2)22(16-27-21(24)6-3)11-9-17(23)10-12-22/h7-8,15H,4-6,9-14,16H2,1-3H3. The molecule has 0 N–H and O–H groups in total. The van der Waals surface area contributed by atoms with Crippen LogP contribution >= 0.6 is 0 Å². The Balaban J connectivity index is 2.36. The van der Waals surface area contributed by atoms with Crippen LogP contribution in [-0.2, 0) is 19.7 Å². The van der Waals surface area contributed by atoms with Gasteiger partial charge in [-0.05, 0) is 31.7 Å². The van der Waals surface area contributed by atoms with Crippen LogP contribution in [-0.4, -0.2) is 31.6 Å². The maximum Gasteiger partial charge on any atom is 0.305 e. The molecule has 150 valence electrons. The third-order valence-corrected chi connectivity index (χ3v) is 5.02. The smallest absolute Gasteiger partial charge is 0.305 e. The van der Waals surface area contributed by atoms with E-state index < -0.39 is 0 Å². The van der Waals surface area contributed by atoms with Gasteiger partial charge in [0.15, 0.2) is 0 Å². The average molecular weight is 376 g/mol. The summed E-state index contributed by atoms with van der Waals surface area (Å²) in [6.07, 6.45) is 4.52. The molecule has 0 bridgehead atoms. The fourth-order valence-electron chi connectivity index (χ4n) is 3.40. The third kappa shape index (κ3) is 5.72. The quantitative estimate of drug-likeness (QED) is 0.559. The second-order valence-corrected chi connectivity index (χ2v) is 7.19. The van der Waals surface area contributed by atoms with Gasteiger partial charge in [-0.25, -0.2) is 0 Å². The lowest BCUT2D eigenvalue weighted by Gasteiger charge is -2.37. The second kappa shape index (κ2) is 10.3. The summed E-state index contributed by atoms with van der Waals surface area (Å²) >= 11 is 0. The summed E-state index contributed by atoms with van der Waals surface area (Å²) in [6, 6.07) is 5.90. The van der Waals surface area contributed by atoms with E-state index in [0.717, 1.165) is 29.9 Å². The zero-order chi connectivity index (χ0) is 19.7. The van der Waals surface area contributed by atoms with E-state index in [1.54, 1.807) is 6.92 Å². The van der Waals surface area contributed by atoms with Crippen LogP contribution in [0.4, 0.5) is 0 Å². The van der Waals surface area contributed by atoms with Gasteiger partial charge in [-0.15, -0.1) is 0 Å². The van der Waals surface area contributed by atoms with Crippen LogP contribution in [0.25, 0.3) is 0 Å². The van der Waals surface area contributed by atoms with Gasteiger partial charge in [-0.3, -0.25) is 9.59 Å². The molecule has 1 saturated carbocycles. The van der Waals surface area contributed by atoms with Crippen LogP contribution in [0, 0.1) is 0 Å². The zero-order valence-corrected chi connectivity index (χ0v) is 16.8. The molecule has 0 aromatic heterocycles. The molecule has 0 heterocycles. The predicted molar refractivity (Wildman–Crippen MR) is 104 cm³/mol. The molecule has 1 fully saturated rings. The molecule has 0 amide bonds. The SMILES string of the molecule is CCCOc1ccc(C2(COC(=O)CC)CCC(=O)CC2)c(OCCC)c1. The first kappa shape index (κ1) is 21.3. The normalized spacial score (nSPS) is 16.0. The van der Waals surface area contributed by atoms with Crippen molar-refractivity contribution < 1.29 is 23.8 Å². The number of hydrogen-bond acceptors (Lipinski definition) is 5. The average Bonchev–Trinajstić information content (AvgIpc) is 2.70. The van der Waals surface area contributed by atoms with E-state index >= 15 is 0 Å². The molecule has 27 heavy (non-hydrogen) atoms. The summed E-state index contributed by atoms with van der Waals surface area (Å²) < 4.78 is 17.3. The lowest BCUT2D eigenvalue weighted by atomic mass is 9.69. The van der Waals surface area contributed by atoms with Crippen LogP contribution in [0.3, 0.4) is 0 Å². The van der Waals surface area contributed by atoms with Gasteiger partial charge in [-0.1, -0.05) is 26.8 Å². The van der Waals surface area contributed by atoms with E-state index in [1.807, 2.05) is 18.2 Å². The number of ether oxygens (including phenoxy) is 3. The molecule has 0 spiro atoms. The first-order valence-corrected chi connectivity index (χ1v) is 10.1. The number of Topliss-reactive ketones (excluding diaryl/α,β-unsaturated/α-hetero) is 1. The highest BCUT2D eigenvalue weighted by Gasteiger charge is 2.40. The van der Waals surface area contributed by atoms with Gasteiger partial charge >= 0.3 is 5.97 Å². The lowest BCUT2D eigenvalue weighted by molar-refractivity contribution is -0.145. The molecule has 0 aliphatic heterocycles. The topological polar surface area (TPSA) is 61.8 Å². The van der Waals surface area contributed by atoms with Crippen molar-refractivity contribution in [3.05, 3.63) is 23.8 Å². The molecule has 1 aromatic rings. The van der Waals surface area contributed by atoms with Gasteiger partial charge in [0.1, 0.15) is 23.9 Å². The molecule has 0 radical (unpaired) electrons. The van der Waals surface area contributed by atoms with Gasteiger partial charge in [0, 0.05) is 36.3 Å². The number of ketones is 1. The van der Waals surface area contributed by atoms with Gasteiger partial charge in [0.25, 0.3) is 0 Å². The van der Waals surface area contributed by atoms with Crippen LogP contribution < -0.4 is 9.47 Å². The minimum Gasteiger partial charge on any atom is -0.493 e. The molecule has 5 nitrogen and oxygen atoms in total. The fraction of sp³-hybridized carbons (Fsp3) is 0.636. The Labute approximate surface area is 162 Å². The molecule has 0 unspecified atom stereocenters. The molecule has 1 aromatic carbocycles. The van der Waals surface area contributed by atoms with E-state index in [4.69, 9.17) is 14.2 Å². The van der Waals surface area contributed by atoms with E-state index in [2.05, 4.69) is 13.8 Å². The number of esters is 1.